The Hall–Kier alpha value is -0.530. The van der Waals surface area contributed by atoms with E-state index in [1.54, 1.807) is 0 Å². The fourth-order valence-electron chi connectivity index (χ4n) is 2.11. The molecular formula is C12H22NO. The van der Waals surface area contributed by atoms with Crippen molar-refractivity contribution in [1.29, 1.82) is 0 Å². The summed E-state index contributed by atoms with van der Waals surface area (Å²) in [5, 5.41) is 0. The molecule has 0 heterocycles. The molecule has 0 aromatic carbocycles. The molecule has 81 valence electrons. The molecule has 1 aliphatic carbocycles. The number of carbonyl (C=O) groups excluding carboxylic acids is 1. The van der Waals surface area contributed by atoms with Gasteiger partial charge in [-0.15, -0.1) is 0 Å². The first-order valence-electron chi connectivity index (χ1n) is 5.87. The molecular weight excluding hydrogens is 174 g/mol. The number of nitrogens with zero attached hydrogens (tertiary/aromatic N) is 1. The van der Waals surface area contributed by atoms with Gasteiger partial charge < -0.3 is 4.90 Å². The van der Waals surface area contributed by atoms with E-state index in [4.69, 9.17) is 0 Å². The lowest BCUT2D eigenvalue weighted by Crippen LogP contribution is -2.35. The fraction of sp³-hybridized carbons (Fsp3) is 0.833. The van der Waals surface area contributed by atoms with E-state index in [0.29, 0.717) is 18.4 Å². The SMILES string of the molecule is [CH2]CN(CCCC)C(=O)C1CCCC1. The molecule has 1 rings (SSSR count). The van der Waals surface area contributed by atoms with Crippen LogP contribution in [0.4, 0.5) is 0 Å². The molecule has 0 spiro atoms. The highest BCUT2D eigenvalue weighted by Crippen LogP contribution is 2.26. The Bertz CT molecular complexity index is 173. The average Bonchev–Trinajstić information content (AvgIpc) is 2.71. The summed E-state index contributed by atoms with van der Waals surface area (Å²) in [5.41, 5.74) is 0. The van der Waals surface area contributed by atoms with Crippen molar-refractivity contribution < 1.29 is 4.79 Å². The maximum absolute atomic E-state index is 12.0. The van der Waals surface area contributed by atoms with Gasteiger partial charge in [0.15, 0.2) is 0 Å². The van der Waals surface area contributed by atoms with Crippen molar-refractivity contribution in [3.63, 3.8) is 0 Å². The quantitative estimate of drug-likeness (QED) is 0.662. The standard InChI is InChI=1S/C12H22NO/c1-3-5-10-13(4-2)12(14)11-8-6-7-9-11/h11H,2-10H2,1H3. The molecule has 2 heteroatoms. The predicted octanol–water partition coefficient (Wildman–Crippen LogP) is 2.64. The highest BCUT2D eigenvalue weighted by atomic mass is 16.2. The van der Waals surface area contributed by atoms with Gasteiger partial charge in [0, 0.05) is 19.0 Å². The smallest absolute Gasteiger partial charge is 0.225 e. The second kappa shape index (κ2) is 6.05. The van der Waals surface area contributed by atoms with Crippen LogP contribution >= 0.6 is 0 Å². The number of carbonyl (C=O) groups is 1. The van der Waals surface area contributed by atoms with Crippen molar-refractivity contribution in [2.45, 2.75) is 45.4 Å². The molecule has 1 fully saturated rings. The van der Waals surface area contributed by atoms with E-state index in [1.165, 1.54) is 12.8 Å². The molecule has 0 bridgehead atoms. The summed E-state index contributed by atoms with van der Waals surface area (Å²) in [4.78, 5) is 13.9. The number of hydrogen-bond donors (Lipinski definition) is 0. The van der Waals surface area contributed by atoms with Gasteiger partial charge >= 0.3 is 0 Å². The van der Waals surface area contributed by atoms with Gasteiger partial charge in [-0.3, -0.25) is 4.79 Å². The molecule has 14 heavy (non-hydrogen) atoms. The molecule has 2 nitrogen and oxygen atoms in total. The van der Waals surface area contributed by atoms with Crippen LogP contribution in [0.15, 0.2) is 0 Å². The van der Waals surface area contributed by atoms with Gasteiger partial charge in [-0.05, 0) is 26.2 Å². The third-order valence-corrected chi connectivity index (χ3v) is 3.07. The molecule has 1 aliphatic rings. The fourth-order valence-corrected chi connectivity index (χ4v) is 2.11. The molecule has 0 saturated heterocycles. The van der Waals surface area contributed by atoms with E-state index in [1.807, 2.05) is 4.90 Å². The van der Waals surface area contributed by atoms with Gasteiger partial charge in [0.25, 0.3) is 0 Å². The Balaban J connectivity index is 2.37. The average molecular weight is 196 g/mol. The van der Waals surface area contributed by atoms with Gasteiger partial charge in [-0.1, -0.05) is 26.2 Å². The van der Waals surface area contributed by atoms with Crippen LogP contribution in [0.3, 0.4) is 0 Å². The van der Waals surface area contributed by atoms with Crippen LogP contribution in [0.1, 0.15) is 45.4 Å². The summed E-state index contributed by atoms with van der Waals surface area (Å²) in [6.45, 7) is 7.52. The van der Waals surface area contributed by atoms with Crippen LogP contribution in [0.25, 0.3) is 0 Å². The zero-order chi connectivity index (χ0) is 10.4. The van der Waals surface area contributed by atoms with Gasteiger partial charge in [0.2, 0.25) is 5.91 Å². The Morgan fingerprint density at radius 1 is 1.43 bits per heavy atom. The molecule has 0 aromatic heterocycles. The normalized spacial score (nSPS) is 17.3. The molecule has 1 radical (unpaired) electrons. The maximum atomic E-state index is 12.0. The van der Waals surface area contributed by atoms with E-state index in [0.717, 1.165) is 32.2 Å². The van der Waals surface area contributed by atoms with Crippen LogP contribution < -0.4 is 0 Å². The number of amides is 1. The third-order valence-electron chi connectivity index (χ3n) is 3.07. The first-order chi connectivity index (χ1) is 6.79. The second-order valence-corrected chi connectivity index (χ2v) is 4.16. The molecule has 0 N–H and O–H groups in total. The largest absolute Gasteiger partial charge is 0.342 e. The molecule has 0 aromatic rings. The topological polar surface area (TPSA) is 20.3 Å². The van der Waals surface area contributed by atoms with E-state index >= 15 is 0 Å². The van der Waals surface area contributed by atoms with Crippen LogP contribution in [0.2, 0.25) is 0 Å². The number of unbranched alkanes of at least 4 members (excludes halogenated alkanes) is 1. The van der Waals surface area contributed by atoms with Gasteiger partial charge in [0.05, 0.1) is 0 Å². The lowest BCUT2D eigenvalue weighted by Gasteiger charge is -2.23. The summed E-state index contributed by atoms with van der Waals surface area (Å²) in [7, 11) is 0. The summed E-state index contributed by atoms with van der Waals surface area (Å²) in [6, 6.07) is 0. The van der Waals surface area contributed by atoms with Gasteiger partial charge in [-0.2, -0.15) is 0 Å². The van der Waals surface area contributed by atoms with Crippen LogP contribution in [0, 0.1) is 12.8 Å². The first-order valence-corrected chi connectivity index (χ1v) is 5.87. The number of rotatable bonds is 5. The predicted molar refractivity (Wildman–Crippen MR) is 58.8 cm³/mol. The van der Waals surface area contributed by atoms with Gasteiger partial charge in [0.1, 0.15) is 0 Å². The van der Waals surface area contributed by atoms with Crippen molar-refractivity contribution in [3.05, 3.63) is 6.92 Å². The molecule has 0 unspecified atom stereocenters. The first kappa shape index (κ1) is 11.5. The molecule has 0 atom stereocenters. The van der Waals surface area contributed by atoms with Gasteiger partial charge in [-0.25, -0.2) is 0 Å². The summed E-state index contributed by atoms with van der Waals surface area (Å²) in [5.74, 6) is 0.666. The Morgan fingerprint density at radius 2 is 2.07 bits per heavy atom. The third kappa shape index (κ3) is 3.00. The van der Waals surface area contributed by atoms with E-state index in [2.05, 4.69) is 13.8 Å². The van der Waals surface area contributed by atoms with E-state index in [9.17, 15) is 4.79 Å². The zero-order valence-corrected chi connectivity index (χ0v) is 9.30. The van der Waals surface area contributed by atoms with Crippen LogP contribution in [0.5, 0.6) is 0 Å². The van der Waals surface area contributed by atoms with E-state index in [-0.39, 0.29) is 0 Å². The number of hydrogen-bond acceptors (Lipinski definition) is 1. The molecule has 1 amide bonds. The minimum Gasteiger partial charge on any atom is -0.342 e. The maximum Gasteiger partial charge on any atom is 0.225 e. The molecule has 0 aliphatic heterocycles. The van der Waals surface area contributed by atoms with E-state index < -0.39 is 0 Å². The highest BCUT2D eigenvalue weighted by molar-refractivity contribution is 5.79. The lowest BCUT2D eigenvalue weighted by molar-refractivity contribution is -0.134. The van der Waals surface area contributed by atoms with Crippen molar-refractivity contribution in [3.8, 4) is 0 Å². The highest BCUT2D eigenvalue weighted by Gasteiger charge is 2.25. The minimum atomic E-state index is 0.314. The van der Waals surface area contributed by atoms with Crippen molar-refractivity contribution in [2.75, 3.05) is 13.1 Å². The lowest BCUT2D eigenvalue weighted by atomic mass is 10.1. The Kier molecular flexibility index (Phi) is 4.99. The summed E-state index contributed by atoms with van der Waals surface area (Å²) in [6.07, 6.45) is 6.91. The van der Waals surface area contributed by atoms with Crippen molar-refractivity contribution in [2.24, 2.45) is 5.92 Å². The van der Waals surface area contributed by atoms with Crippen LogP contribution in [-0.2, 0) is 4.79 Å². The zero-order valence-electron chi connectivity index (χ0n) is 9.30. The molecule has 1 saturated carbocycles. The second-order valence-electron chi connectivity index (χ2n) is 4.16. The Morgan fingerprint density at radius 3 is 2.57 bits per heavy atom. The monoisotopic (exact) mass is 196 g/mol. The minimum absolute atomic E-state index is 0.314. The summed E-state index contributed by atoms with van der Waals surface area (Å²) >= 11 is 0. The Labute approximate surface area is 87.7 Å². The van der Waals surface area contributed by atoms with Crippen molar-refractivity contribution in [1.82, 2.24) is 4.90 Å². The summed E-state index contributed by atoms with van der Waals surface area (Å²) < 4.78 is 0. The van der Waals surface area contributed by atoms with Crippen molar-refractivity contribution >= 4 is 5.91 Å². The van der Waals surface area contributed by atoms with Crippen LogP contribution in [-0.4, -0.2) is 23.9 Å².